The summed E-state index contributed by atoms with van der Waals surface area (Å²) in [6.45, 7) is 2.39. The maximum absolute atomic E-state index is 11.3. The molecular formula is C8H12N4O. The number of carbonyl (C=O) groups excluding carboxylic acids is 1. The van der Waals surface area contributed by atoms with Crippen LogP contribution >= 0.6 is 0 Å². The lowest BCUT2D eigenvalue weighted by Crippen LogP contribution is -2.23. The van der Waals surface area contributed by atoms with Crippen molar-refractivity contribution in [3.8, 4) is 0 Å². The highest BCUT2D eigenvalue weighted by Crippen LogP contribution is 2.04. The first-order valence-corrected chi connectivity index (χ1v) is 3.94. The van der Waals surface area contributed by atoms with Gasteiger partial charge in [0.15, 0.2) is 0 Å². The number of anilines is 1. The SMILES string of the molecule is C/C=C/CNC(=O)c1cn[nH]c1N. The molecule has 5 nitrogen and oxygen atoms in total. The van der Waals surface area contributed by atoms with Crippen LogP contribution in [-0.4, -0.2) is 22.6 Å². The van der Waals surface area contributed by atoms with Crippen molar-refractivity contribution in [3.63, 3.8) is 0 Å². The summed E-state index contributed by atoms with van der Waals surface area (Å²) in [5.74, 6) is 0.0716. The monoisotopic (exact) mass is 180 g/mol. The van der Waals surface area contributed by atoms with E-state index in [9.17, 15) is 4.79 Å². The molecule has 0 atom stereocenters. The lowest BCUT2D eigenvalue weighted by molar-refractivity contribution is 0.0959. The number of allylic oxidation sites excluding steroid dienone is 1. The number of carbonyl (C=O) groups is 1. The second-order valence-electron chi connectivity index (χ2n) is 2.48. The Morgan fingerprint density at radius 2 is 2.62 bits per heavy atom. The summed E-state index contributed by atoms with van der Waals surface area (Å²) in [6, 6.07) is 0. The van der Waals surface area contributed by atoms with Crippen LogP contribution in [0.4, 0.5) is 5.82 Å². The summed E-state index contributed by atoms with van der Waals surface area (Å²) in [5, 5.41) is 8.79. The molecule has 1 rings (SSSR count). The number of nitrogens with two attached hydrogens (primary N) is 1. The third-order valence-corrected chi connectivity index (χ3v) is 1.53. The van der Waals surface area contributed by atoms with Crippen LogP contribution in [-0.2, 0) is 0 Å². The molecule has 0 radical (unpaired) electrons. The van der Waals surface area contributed by atoms with Gasteiger partial charge in [-0.2, -0.15) is 5.10 Å². The fraction of sp³-hybridized carbons (Fsp3) is 0.250. The van der Waals surface area contributed by atoms with E-state index in [0.717, 1.165) is 0 Å². The number of nitrogen functional groups attached to an aromatic ring is 1. The summed E-state index contributed by atoms with van der Waals surface area (Å²) >= 11 is 0. The number of hydrogen-bond acceptors (Lipinski definition) is 3. The van der Waals surface area contributed by atoms with Crippen molar-refractivity contribution in [1.82, 2.24) is 15.5 Å². The van der Waals surface area contributed by atoms with E-state index in [1.54, 1.807) is 0 Å². The molecule has 1 amide bonds. The first kappa shape index (κ1) is 9.31. The maximum Gasteiger partial charge on any atom is 0.256 e. The highest BCUT2D eigenvalue weighted by Gasteiger charge is 2.09. The standard InChI is InChI=1S/C8H12N4O/c1-2-3-4-10-8(13)6-5-11-12-7(6)9/h2-3,5H,4H2,1H3,(H,10,13)(H3,9,11,12)/b3-2+. The van der Waals surface area contributed by atoms with Crippen LogP contribution in [0.5, 0.6) is 0 Å². The molecule has 0 aliphatic rings. The number of amides is 1. The smallest absolute Gasteiger partial charge is 0.256 e. The van der Waals surface area contributed by atoms with E-state index in [4.69, 9.17) is 5.73 Å². The summed E-state index contributed by atoms with van der Waals surface area (Å²) in [6.07, 6.45) is 5.10. The molecule has 0 unspecified atom stereocenters. The number of hydrogen-bond donors (Lipinski definition) is 3. The third-order valence-electron chi connectivity index (χ3n) is 1.53. The predicted octanol–water partition coefficient (Wildman–Crippen LogP) is 0.298. The van der Waals surface area contributed by atoms with Gasteiger partial charge in [0, 0.05) is 6.54 Å². The molecule has 1 aromatic rings. The average Bonchev–Trinajstić information content (AvgIpc) is 2.52. The maximum atomic E-state index is 11.3. The molecule has 4 N–H and O–H groups in total. The minimum atomic E-state index is -0.218. The van der Waals surface area contributed by atoms with Crippen molar-refractivity contribution in [1.29, 1.82) is 0 Å². The minimum Gasteiger partial charge on any atom is -0.383 e. The molecule has 70 valence electrons. The molecular weight excluding hydrogens is 168 g/mol. The van der Waals surface area contributed by atoms with E-state index >= 15 is 0 Å². The summed E-state index contributed by atoms with van der Waals surface area (Å²) in [7, 11) is 0. The van der Waals surface area contributed by atoms with Crippen LogP contribution in [0.1, 0.15) is 17.3 Å². The van der Waals surface area contributed by atoms with E-state index in [1.165, 1.54) is 6.20 Å². The minimum absolute atomic E-state index is 0.218. The van der Waals surface area contributed by atoms with Gasteiger partial charge in [-0.25, -0.2) is 0 Å². The van der Waals surface area contributed by atoms with Gasteiger partial charge in [0.1, 0.15) is 11.4 Å². The van der Waals surface area contributed by atoms with Gasteiger partial charge in [-0.05, 0) is 6.92 Å². The molecule has 5 heteroatoms. The molecule has 13 heavy (non-hydrogen) atoms. The second kappa shape index (κ2) is 4.30. The highest BCUT2D eigenvalue weighted by atomic mass is 16.1. The normalized spacial score (nSPS) is 10.5. The van der Waals surface area contributed by atoms with Crippen LogP contribution in [0.15, 0.2) is 18.3 Å². The van der Waals surface area contributed by atoms with Crippen LogP contribution in [0.2, 0.25) is 0 Å². The van der Waals surface area contributed by atoms with Crippen molar-refractivity contribution in [2.24, 2.45) is 0 Å². The van der Waals surface area contributed by atoms with Gasteiger partial charge in [-0.15, -0.1) is 0 Å². The predicted molar refractivity (Wildman–Crippen MR) is 50.1 cm³/mol. The van der Waals surface area contributed by atoms with Crippen molar-refractivity contribution < 1.29 is 4.79 Å². The van der Waals surface area contributed by atoms with E-state index in [2.05, 4.69) is 15.5 Å². The Bertz CT molecular complexity index is 316. The van der Waals surface area contributed by atoms with Gasteiger partial charge in [-0.1, -0.05) is 12.2 Å². The first-order valence-electron chi connectivity index (χ1n) is 3.94. The van der Waals surface area contributed by atoms with Gasteiger partial charge in [-0.3, -0.25) is 9.89 Å². The fourth-order valence-corrected chi connectivity index (χ4v) is 0.842. The molecule has 0 spiro atoms. The molecule has 0 bridgehead atoms. The van der Waals surface area contributed by atoms with E-state index < -0.39 is 0 Å². The lowest BCUT2D eigenvalue weighted by atomic mass is 10.3. The Morgan fingerprint density at radius 1 is 1.85 bits per heavy atom. The van der Waals surface area contributed by atoms with Crippen molar-refractivity contribution in [2.75, 3.05) is 12.3 Å². The zero-order valence-electron chi connectivity index (χ0n) is 7.37. The zero-order valence-corrected chi connectivity index (χ0v) is 7.37. The lowest BCUT2D eigenvalue weighted by Gasteiger charge is -1.99. The van der Waals surface area contributed by atoms with Crippen LogP contribution in [0.25, 0.3) is 0 Å². The molecule has 0 fully saturated rings. The Morgan fingerprint density at radius 3 is 3.15 bits per heavy atom. The highest BCUT2D eigenvalue weighted by molar-refractivity contribution is 5.98. The van der Waals surface area contributed by atoms with Crippen LogP contribution in [0, 0.1) is 0 Å². The second-order valence-corrected chi connectivity index (χ2v) is 2.48. The van der Waals surface area contributed by atoms with Gasteiger partial charge in [0.25, 0.3) is 5.91 Å². The van der Waals surface area contributed by atoms with E-state index in [0.29, 0.717) is 12.1 Å². The van der Waals surface area contributed by atoms with Crippen molar-refractivity contribution >= 4 is 11.7 Å². The molecule has 1 heterocycles. The Labute approximate surface area is 76.0 Å². The van der Waals surface area contributed by atoms with E-state index in [-0.39, 0.29) is 11.7 Å². The average molecular weight is 180 g/mol. The molecule has 0 saturated heterocycles. The van der Waals surface area contributed by atoms with Crippen LogP contribution < -0.4 is 11.1 Å². The van der Waals surface area contributed by atoms with Gasteiger partial charge >= 0.3 is 0 Å². The summed E-state index contributed by atoms with van der Waals surface area (Å²) < 4.78 is 0. The van der Waals surface area contributed by atoms with Crippen molar-refractivity contribution in [3.05, 3.63) is 23.9 Å². The van der Waals surface area contributed by atoms with E-state index in [1.807, 2.05) is 19.1 Å². The number of nitrogens with one attached hydrogen (secondary N) is 2. The molecule has 1 aromatic heterocycles. The number of aromatic nitrogens is 2. The van der Waals surface area contributed by atoms with Crippen molar-refractivity contribution in [2.45, 2.75) is 6.92 Å². The number of H-pyrrole nitrogens is 1. The number of nitrogens with zero attached hydrogens (tertiary/aromatic N) is 1. The number of rotatable bonds is 3. The zero-order chi connectivity index (χ0) is 9.68. The quantitative estimate of drug-likeness (QED) is 0.585. The van der Waals surface area contributed by atoms with Gasteiger partial charge in [0.2, 0.25) is 0 Å². The Balaban J connectivity index is 2.54. The third kappa shape index (κ3) is 2.33. The topological polar surface area (TPSA) is 83.8 Å². The number of aromatic amines is 1. The van der Waals surface area contributed by atoms with Gasteiger partial charge < -0.3 is 11.1 Å². The molecule has 0 saturated carbocycles. The van der Waals surface area contributed by atoms with Crippen LogP contribution in [0.3, 0.4) is 0 Å². The first-order chi connectivity index (χ1) is 6.25. The van der Waals surface area contributed by atoms with Gasteiger partial charge in [0.05, 0.1) is 6.20 Å². The Hall–Kier alpha value is -1.78. The molecule has 0 aromatic carbocycles. The molecule has 0 aliphatic heterocycles. The summed E-state index contributed by atoms with van der Waals surface area (Å²) in [4.78, 5) is 11.3. The Kier molecular flexibility index (Phi) is 3.08. The molecule has 0 aliphatic carbocycles. The fourth-order valence-electron chi connectivity index (χ4n) is 0.842. The summed E-state index contributed by atoms with van der Waals surface area (Å²) in [5.41, 5.74) is 5.83. The largest absolute Gasteiger partial charge is 0.383 e.